The van der Waals surface area contributed by atoms with Crippen LogP contribution < -0.4 is 5.32 Å². The van der Waals surface area contributed by atoms with E-state index in [1.807, 2.05) is 30.3 Å². The summed E-state index contributed by atoms with van der Waals surface area (Å²) in [6.07, 6.45) is -0.244. The Labute approximate surface area is 155 Å². The fraction of sp³-hybridized carbons (Fsp3) is 0.250. The zero-order valence-electron chi connectivity index (χ0n) is 14.6. The SMILES string of the molecule is O=C(C[C@@H]1C(=O)NCCN1C(=O)c1ccc(F)cc1)OCc1ccccc1. The van der Waals surface area contributed by atoms with Gasteiger partial charge in [-0.3, -0.25) is 14.4 Å². The monoisotopic (exact) mass is 370 g/mol. The van der Waals surface area contributed by atoms with Crippen LogP contribution in [0.3, 0.4) is 0 Å². The first-order valence-corrected chi connectivity index (χ1v) is 8.58. The van der Waals surface area contributed by atoms with Crippen molar-refractivity contribution in [3.05, 3.63) is 71.5 Å². The molecule has 0 unspecified atom stereocenters. The van der Waals surface area contributed by atoms with Crippen molar-refractivity contribution >= 4 is 17.8 Å². The zero-order valence-corrected chi connectivity index (χ0v) is 14.6. The normalized spacial score (nSPS) is 16.6. The van der Waals surface area contributed by atoms with E-state index in [1.54, 1.807) is 0 Å². The lowest BCUT2D eigenvalue weighted by molar-refractivity contribution is -0.148. The van der Waals surface area contributed by atoms with E-state index in [0.29, 0.717) is 6.54 Å². The van der Waals surface area contributed by atoms with Gasteiger partial charge in [-0.2, -0.15) is 0 Å². The van der Waals surface area contributed by atoms with Gasteiger partial charge in [0.05, 0.1) is 6.42 Å². The van der Waals surface area contributed by atoms with Gasteiger partial charge in [0, 0.05) is 18.7 Å². The standard InChI is InChI=1S/C20H19FN2O4/c21-16-8-6-15(7-9-16)20(26)23-11-10-22-19(25)17(23)12-18(24)27-13-14-4-2-1-3-5-14/h1-9,17H,10-13H2,(H,22,25)/t17-/m1/s1. The number of piperazine rings is 1. The minimum Gasteiger partial charge on any atom is -0.461 e. The van der Waals surface area contributed by atoms with E-state index in [1.165, 1.54) is 29.2 Å². The fourth-order valence-electron chi connectivity index (χ4n) is 2.87. The molecule has 1 fully saturated rings. The molecule has 140 valence electrons. The molecule has 1 saturated heterocycles. The molecule has 1 aliphatic rings. The number of carbonyl (C=O) groups is 3. The molecule has 1 atom stereocenters. The highest BCUT2D eigenvalue weighted by Crippen LogP contribution is 2.16. The van der Waals surface area contributed by atoms with Crippen LogP contribution in [0.25, 0.3) is 0 Å². The van der Waals surface area contributed by atoms with Crippen LogP contribution in [-0.2, 0) is 20.9 Å². The molecule has 0 saturated carbocycles. The number of carbonyl (C=O) groups excluding carboxylic acids is 3. The quantitative estimate of drug-likeness (QED) is 0.816. The molecular weight excluding hydrogens is 351 g/mol. The van der Waals surface area contributed by atoms with Gasteiger partial charge in [0.1, 0.15) is 18.5 Å². The van der Waals surface area contributed by atoms with Gasteiger partial charge in [0.2, 0.25) is 5.91 Å². The Morgan fingerprint density at radius 2 is 1.81 bits per heavy atom. The molecule has 0 bridgehead atoms. The summed E-state index contributed by atoms with van der Waals surface area (Å²) in [5.41, 5.74) is 1.09. The molecular formula is C20H19FN2O4. The van der Waals surface area contributed by atoms with Crippen LogP contribution in [0.1, 0.15) is 22.3 Å². The molecule has 0 aliphatic carbocycles. The molecule has 3 rings (SSSR count). The molecule has 6 nitrogen and oxygen atoms in total. The predicted octanol–water partition coefficient (Wildman–Crippen LogP) is 1.90. The highest BCUT2D eigenvalue weighted by atomic mass is 19.1. The second-order valence-electron chi connectivity index (χ2n) is 6.16. The molecule has 1 aliphatic heterocycles. The van der Waals surface area contributed by atoms with Crippen molar-refractivity contribution in [2.45, 2.75) is 19.1 Å². The van der Waals surface area contributed by atoms with Crippen LogP contribution in [0.4, 0.5) is 4.39 Å². The largest absolute Gasteiger partial charge is 0.461 e. The van der Waals surface area contributed by atoms with E-state index in [-0.39, 0.29) is 25.1 Å². The number of benzene rings is 2. The summed E-state index contributed by atoms with van der Waals surface area (Å²) in [7, 11) is 0. The summed E-state index contributed by atoms with van der Waals surface area (Å²) in [6.45, 7) is 0.653. The first kappa shape index (κ1) is 18.6. The highest BCUT2D eigenvalue weighted by Gasteiger charge is 2.35. The summed E-state index contributed by atoms with van der Waals surface area (Å²) in [6, 6.07) is 13.3. The van der Waals surface area contributed by atoms with Crippen LogP contribution >= 0.6 is 0 Å². The van der Waals surface area contributed by atoms with E-state index >= 15 is 0 Å². The second-order valence-corrected chi connectivity index (χ2v) is 6.16. The van der Waals surface area contributed by atoms with Gasteiger partial charge in [0.25, 0.3) is 5.91 Å². The van der Waals surface area contributed by atoms with Crippen LogP contribution in [-0.4, -0.2) is 41.8 Å². The summed E-state index contributed by atoms with van der Waals surface area (Å²) >= 11 is 0. The van der Waals surface area contributed by atoms with E-state index in [4.69, 9.17) is 4.74 Å². The molecule has 2 amide bonds. The minimum atomic E-state index is -0.959. The Morgan fingerprint density at radius 3 is 2.52 bits per heavy atom. The highest BCUT2D eigenvalue weighted by molar-refractivity contribution is 5.99. The number of nitrogens with one attached hydrogen (secondary N) is 1. The first-order chi connectivity index (χ1) is 13.0. The maximum atomic E-state index is 13.1. The van der Waals surface area contributed by atoms with Gasteiger partial charge in [-0.25, -0.2) is 4.39 Å². The van der Waals surface area contributed by atoms with E-state index in [9.17, 15) is 18.8 Å². The van der Waals surface area contributed by atoms with Gasteiger partial charge < -0.3 is 15.0 Å². The Balaban J connectivity index is 1.66. The van der Waals surface area contributed by atoms with Crippen LogP contribution in [0, 0.1) is 5.82 Å². The van der Waals surface area contributed by atoms with Gasteiger partial charge in [-0.15, -0.1) is 0 Å². The van der Waals surface area contributed by atoms with Crippen molar-refractivity contribution in [3.63, 3.8) is 0 Å². The Bertz CT molecular complexity index is 824. The fourth-order valence-corrected chi connectivity index (χ4v) is 2.87. The van der Waals surface area contributed by atoms with Crippen LogP contribution in [0.2, 0.25) is 0 Å². The lowest BCUT2D eigenvalue weighted by atomic mass is 10.1. The number of hydrogen-bond acceptors (Lipinski definition) is 4. The third kappa shape index (κ3) is 4.69. The van der Waals surface area contributed by atoms with Gasteiger partial charge in [0.15, 0.2) is 0 Å². The third-order valence-corrected chi connectivity index (χ3v) is 4.29. The minimum absolute atomic E-state index is 0.0971. The van der Waals surface area contributed by atoms with Crippen molar-refractivity contribution in [2.24, 2.45) is 0 Å². The number of halogens is 1. The molecule has 0 radical (unpaired) electrons. The molecule has 0 spiro atoms. The molecule has 0 aromatic heterocycles. The molecule has 7 heteroatoms. The number of ether oxygens (including phenoxy) is 1. The average molecular weight is 370 g/mol. The third-order valence-electron chi connectivity index (χ3n) is 4.29. The van der Waals surface area contributed by atoms with Gasteiger partial charge in [-0.1, -0.05) is 30.3 Å². The lowest BCUT2D eigenvalue weighted by Crippen LogP contribution is -2.57. The average Bonchev–Trinajstić information content (AvgIpc) is 2.69. The second kappa shape index (κ2) is 8.44. The van der Waals surface area contributed by atoms with Crippen LogP contribution in [0.5, 0.6) is 0 Å². The van der Waals surface area contributed by atoms with Crippen molar-refractivity contribution < 1.29 is 23.5 Å². The van der Waals surface area contributed by atoms with Crippen molar-refractivity contribution in [1.29, 1.82) is 0 Å². The maximum absolute atomic E-state index is 13.1. The van der Waals surface area contributed by atoms with E-state index in [2.05, 4.69) is 5.32 Å². The van der Waals surface area contributed by atoms with E-state index in [0.717, 1.165) is 5.56 Å². The van der Waals surface area contributed by atoms with Crippen molar-refractivity contribution in [2.75, 3.05) is 13.1 Å². The Hall–Kier alpha value is -3.22. The summed E-state index contributed by atoms with van der Waals surface area (Å²) < 4.78 is 18.3. The number of nitrogens with zero attached hydrogens (tertiary/aromatic N) is 1. The number of hydrogen-bond donors (Lipinski definition) is 1. The van der Waals surface area contributed by atoms with E-state index < -0.39 is 29.6 Å². The van der Waals surface area contributed by atoms with Crippen molar-refractivity contribution in [1.82, 2.24) is 10.2 Å². The summed E-state index contributed by atoms with van der Waals surface area (Å²) in [4.78, 5) is 38.4. The zero-order chi connectivity index (χ0) is 19.2. The summed E-state index contributed by atoms with van der Waals surface area (Å²) in [5.74, 6) is -1.86. The molecule has 27 heavy (non-hydrogen) atoms. The lowest BCUT2D eigenvalue weighted by Gasteiger charge is -2.34. The smallest absolute Gasteiger partial charge is 0.308 e. The topological polar surface area (TPSA) is 75.7 Å². The predicted molar refractivity (Wildman–Crippen MR) is 95.1 cm³/mol. The maximum Gasteiger partial charge on any atom is 0.308 e. The number of esters is 1. The number of amides is 2. The molecule has 1 N–H and O–H groups in total. The summed E-state index contributed by atoms with van der Waals surface area (Å²) in [5, 5.41) is 2.66. The number of rotatable bonds is 5. The Kier molecular flexibility index (Phi) is 5.80. The molecule has 2 aromatic carbocycles. The van der Waals surface area contributed by atoms with Crippen LogP contribution in [0.15, 0.2) is 54.6 Å². The molecule has 1 heterocycles. The first-order valence-electron chi connectivity index (χ1n) is 8.58. The van der Waals surface area contributed by atoms with Gasteiger partial charge in [-0.05, 0) is 29.8 Å². The molecule has 2 aromatic rings. The van der Waals surface area contributed by atoms with Gasteiger partial charge >= 0.3 is 5.97 Å². The van der Waals surface area contributed by atoms with Crippen molar-refractivity contribution in [3.8, 4) is 0 Å². The Morgan fingerprint density at radius 1 is 1.11 bits per heavy atom.